The summed E-state index contributed by atoms with van der Waals surface area (Å²) in [5, 5.41) is 12.8. The van der Waals surface area contributed by atoms with Crippen LogP contribution in [0.15, 0.2) is 35.5 Å². The Morgan fingerprint density at radius 3 is 2.96 bits per heavy atom. The topological polar surface area (TPSA) is 102 Å². The van der Waals surface area contributed by atoms with E-state index in [9.17, 15) is 0 Å². The number of rotatable bonds is 10. The monoisotopic (exact) mass is 419 g/mol. The van der Waals surface area contributed by atoms with Crippen LogP contribution in [0.1, 0.15) is 11.5 Å². The minimum Gasteiger partial charge on any atom is -0.452 e. The highest BCUT2D eigenvalue weighted by Crippen LogP contribution is 2.34. The molecule has 0 fully saturated rings. The number of hydrogen-bond donors (Lipinski definition) is 2. The first-order chi connectivity index (χ1) is 13.7. The van der Waals surface area contributed by atoms with Crippen LogP contribution >= 0.6 is 23.3 Å². The molecule has 3 aromatic rings. The van der Waals surface area contributed by atoms with Crippen LogP contribution in [0.3, 0.4) is 0 Å². The molecule has 0 aliphatic carbocycles. The third-order valence-corrected chi connectivity index (χ3v) is 5.19. The van der Waals surface area contributed by atoms with Gasteiger partial charge in [0.15, 0.2) is 11.6 Å². The standard InChI is InChI=1S/C18H21N5O3S2/c1-12-14(4-3-6-19-12)26-15-10-13(27-9-8-25-2)11-20-17(15)22-18-21-16(5-7-24)23-28-18/h3-4,6,10-11,24H,5,7-9H2,1-2H3,(H,20,21,22,23). The number of methoxy groups -OCH3 is 1. The summed E-state index contributed by atoms with van der Waals surface area (Å²) in [6, 6.07) is 5.62. The second-order valence-corrected chi connectivity index (χ2v) is 7.58. The van der Waals surface area contributed by atoms with E-state index in [1.54, 1.807) is 31.3 Å². The maximum Gasteiger partial charge on any atom is 0.208 e. The predicted molar refractivity (Wildman–Crippen MR) is 110 cm³/mol. The van der Waals surface area contributed by atoms with E-state index >= 15 is 0 Å². The lowest BCUT2D eigenvalue weighted by Crippen LogP contribution is -2.00. The van der Waals surface area contributed by atoms with E-state index in [2.05, 4.69) is 24.6 Å². The highest BCUT2D eigenvalue weighted by atomic mass is 32.2. The van der Waals surface area contributed by atoms with E-state index < -0.39 is 0 Å². The summed E-state index contributed by atoms with van der Waals surface area (Å²) in [5.74, 6) is 3.16. The first-order valence-corrected chi connectivity index (χ1v) is 10.4. The summed E-state index contributed by atoms with van der Waals surface area (Å²) < 4.78 is 15.4. The third-order valence-electron chi connectivity index (χ3n) is 3.59. The van der Waals surface area contributed by atoms with E-state index in [0.717, 1.165) is 16.3 Å². The normalized spacial score (nSPS) is 10.8. The lowest BCUT2D eigenvalue weighted by molar-refractivity contribution is 0.218. The molecule has 148 valence electrons. The zero-order chi connectivity index (χ0) is 19.8. The predicted octanol–water partition coefficient (Wildman–Crippen LogP) is 3.45. The van der Waals surface area contributed by atoms with Crippen LogP contribution in [-0.4, -0.2) is 50.5 Å². The van der Waals surface area contributed by atoms with Gasteiger partial charge in [-0.05, 0) is 25.1 Å². The van der Waals surface area contributed by atoms with Gasteiger partial charge in [-0.2, -0.15) is 4.37 Å². The molecule has 3 rings (SSSR count). The number of nitrogens with zero attached hydrogens (tertiary/aromatic N) is 4. The number of pyridine rings is 2. The Morgan fingerprint density at radius 2 is 2.18 bits per heavy atom. The van der Waals surface area contributed by atoms with Crippen LogP contribution in [0.25, 0.3) is 0 Å². The van der Waals surface area contributed by atoms with Crippen LogP contribution in [0.2, 0.25) is 0 Å². The van der Waals surface area contributed by atoms with Crippen molar-refractivity contribution in [2.45, 2.75) is 18.2 Å². The summed E-state index contributed by atoms with van der Waals surface area (Å²) in [6.45, 7) is 2.55. The number of nitrogens with one attached hydrogen (secondary N) is 1. The van der Waals surface area contributed by atoms with E-state index in [-0.39, 0.29) is 6.61 Å². The molecular weight excluding hydrogens is 398 g/mol. The average Bonchev–Trinajstić information content (AvgIpc) is 3.13. The molecule has 28 heavy (non-hydrogen) atoms. The van der Waals surface area contributed by atoms with Gasteiger partial charge in [-0.3, -0.25) is 4.98 Å². The molecule has 0 aliphatic rings. The van der Waals surface area contributed by atoms with Gasteiger partial charge in [0.25, 0.3) is 0 Å². The van der Waals surface area contributed by atoms with Gasteiger partial charge in [-0.15, -0.1) is 11.8 Å². The van der Waals surface area contributed by atoms with E-state index in [1.807, 2.05) is 25.1 Å². The van der Waals surface area contributed by atoms with Crippen molar-refractivity contribution in [1.29, 1.82) is 0 Å². The minimum absolute atomic E-state index is 0.0104. The zero-order valence-corrected chi connectivity index (χ0v) is 17.2. The van der Waals surface area contributed by atoms with Crippen molar-refractivity contribution in [2.24, 2.45) is 0 Å². The van der Waals surface area contributed by atoms with Gasteiger partial charge in [-0.1, -0.05) is 0 Å². The van der Waals surface area contributed by atoms with Crippen molar-refractivity contribution in [1.82, 2.24) is 19.3 Å². The number of ether oxygens (including phenoxy) is 2. The number of hydrogen-bond acceptors (Lipinski definition) is 10. The molecule has 10 heteroatoms. The zero-order valence-electron chi connectivity index (χ0n) is 15.6. The number of aromatic nitrogens is 4. The van der Waals surface area contributed by atoms with Gasteiger partial charge in [-0.25, -0.2) is 9.97 Å². The molecule has 0 aliphatic heterocycles. The second kappa shape index (κ2) is 10.3. The number of thioether (sulfide) groups is 1. The Labute approximate surface area is 171 Å². The summed E-state index contributed by atoms with van der Waals surface area (Å²) >= 11 is 2.85. The first-order valence-electron chi connectivity index (χ1n) is 8.61. The molecule has 0 radical (unpaired) electrons. The molecule has 3 aromatic heterocycles. The largest absolute Gasteiger partial charge is 0.452 e. The number of aliphatic hydroxyl groups excluding tert-OH is 1. The van der Waals surface area contributed by atoms with Gasteiger partial charge < -0.3 is 19.9 Å². The van der Waals surface area contributed by atoms with Gasteiger partial charge in [0, 0.05) is 48.1 Å². The fourth-order valence-corrected chi connectivity index (χ4v) is 3.64. The fourth-order valence-electron chi connectivity index (χ4n) is 2.22. The molecule has 0 atom stereocenters. The summed E-state index contributed by atoms with van der Waals surface area (Å²) in [7, 11) is 1.68. The highest BCUT2D eigenvalue weighted by Gasteiger charge is 2.13. The Morgan fingerprint density at radius 1 is 1.29 bits per heavy atom. The summed E-state index contributed by atoms with van der Waals surface area (Å²) in [6.07, 6.45) is 3.92. The Hall–Kier alpha value is -2.27. The summed E-state index contributed by atoms with van der Waals surface area (Å²) in [4.78, 5) is 14.1. The molecule has 3 heterocycles. The molecule has 8 nitrogen and oxygen atoms in total. The van der Waals surface area contributed by atoms with Crippen LogP contribution in [-0.2, 0) is 11.2 Å². The molecule has 0 unspecified atom stereocenters. The Balaban J connectivity index is 1.85. The van der Waals surface area contributed by atoms with E-state index in [4.69, 9.17) is 14.6 Å². The lowest BCUT2D eigenvalue weighted by Gasteiger charge is -2.13. The molecule has 2 N–H and O–H groups in total. The molecular formula is C18H21N5O3S2. The van der Waals surface area contributed by atoms with Crippen molar-refractivity contribution in [2.75, 3.05) is 31.4 Å². The van der Waals surface area contributed by atoms with Crippen molar-refractivity contribution < 1.29 is 14.6 Å². The van der Waals surface area contributed by atoms with Crippen molar-refractivity contribution >= 4 is 34.2 Å². The van der Waals surface area contributed by atoms with Crippen LogP contribution in [0, 0.1) is 6.92 Å². The lowest BCUT2D eigenvalue weighted by atomic mass is 10.3. The Kier molecular flexibility index (Phi) is 7.54. The number of anilines is 2. The van der Waals surface area contributed by atoms with Gasteiger partial charge in [0.05, 0.1) is 18.9 Å². The maximum atomic E-state index is 9.03. The SMILES string of the molecule is COCCSc1cnc(Nc2nc(CCO)ns2)c(Oc2cccnc2C)c1. The highest BCUT2D eigenvalue weighted by molar-refractivity contribution is 7.99. The Bertz CT molecular complexity index is 906. The molecule has 0 saturated heterocycles. The average molecular weight is 420 g/mol. The third kappa shape index (κ3) is 5.61. The number of aryl methyl sites for hydroxylation is 1. The molecule has 0 bridgehead atoms. The minimum atomic E-state index is 0.0104. The first kappa shape index (κ1) is 20.5. The van der Waals surface area contributed by atoms with E-state index in [0.29, 0.717) is 41.3 Å². The fraction of sp³-hybridized carbons (Fsp3) is 0.333. The van der Waals surface area contributed by atoms with Crippen molar-refractivity contribution in [3.05, 3.63) is 42.1 Å². The summed E-state index contributed by atoms with van der Waals surface area (Å²) in [5.41, 5.74) is 0.784. The smallest absolute Gasteiger partial charge is 0.208 e. The van der Waals surface area contributed by atoms with Crippen molar-refractivity contribution in [3.63, 3.8) is 0 Å². The second-order valence-electron chi connectivity index (χ2n) is 5.66. The van der Waals surface area contributed by atoms with Gasteiger partial charge in [0.2, 0.25) is 5.13 Å². The van der Waals surface area contributed by atoms with Crippen molar-refractivity contribution in [3.8, 4) is 11.5 Å². The number of aliphatic hydroxyl groups is 1. The molecule has 0 saturated carbocycles. The van der Waals surface area contributed by atoms with E-state index in [1.165, 1.54) is 11.5 Å². The van der Waals surface area contributed by atoms with Gasteiger partial charge in [0.1, 0.15) is 11.6 Å². The van der Waals surface area contributed by atoms with Crippen LogP contribution in [0.5, 0.6) is 11.5 Å². The quantitative estimate of drug-likeness (QED) is 0.378. The van der Waals surface area contributed by atoms with Gasteiger partial charge >= 0.3 is 0 Å². The maximum absolute atomic E-state index is 9.03. The van der Waals surface area contributed by atoms with Crippen LogP contribution in [0.4, 0.5) is 10.9 Å². The molecule has 0 aromatic carbocycles. The van der Waals surface area contributed by atoms with Crippen LogP contribution < -0.4 is 10.1 Å². The molecule has 0 spiro atoms. The molecule has 0 amide bonds.